The zero-order valence-electron chi connectivity index (χ0n) is 13.2. The number of halogens is 1. The van der Waals surface area contributed by atoms with Gasteiger partial charge < -0.3 is 15.0 Å². The second-order valence-corrected chi connectivity index (χ2v) is 6.39. The molecular formula is C14H24ClN5O. The summed E-state index contributed by atoms with van der Waals surface area (Å²) in [6, 6.07) is 0.262. The Morgan fingerprint density at radius 3 is 2.48 bits per heavy atom. The van der Waals surface area contributed by atoms with Crippen LogP contribution in [0.15, 0.2) is 0 Å². The van der Waals surface area contributed by atoms with Crippen LogP contribution < -0.4 is 10.1 Å². The molecule has 0 radical (unpaired) electrons. The van der Waals surface area contributed by atoms with E-state index in [-0.39, 0.29) is 22.9 Å². The van der Waals surface area contributed by atoms with E-state index in [1.165, 1.54) is 25.7 Å². The first-order valence-corrected chi connectivity index (χ1v) is 7.79. The van der Waals surface area contributed by atoms with Gasteiger partial charge >= 0.3 is 6.01 Å². The second kappa shape index (κ2) is 6.75. The number of anilines is 1. The Labute approximate surface area is 131 Å². The lowest BCUT2D eigenvalue weighted by Gasteiger charge is -2.36. The van der Waals surface area contributed by atoms with Gasteiger partial charge in [0.15, 0.2) is 0 Å². The molecule has 21 heavy (non-hydrogen) atoms. The Kier molecular flexibility index (Phi) is 5.22. The van der Waals surface area contributed by atoms with Gasteiger partial charge in [0, 0.05) is 12.1 Å². The second-order valence-electron chi connectivity index (χ2n) is 6.06. The first-order valence-electron chi connectivity index (χ1n) is 7.41. The monoisotopic (exact) mass is 313 g/mol. The highest BCUT2D eigenvalue weighted by molar-refractivity contribution is 6.28. The highest BCUT2D eigenvalue weighted by Gasteiger charge is 2.35. The number of nitrogens with one attached hydrogen (secondary N) is 1. The van der Waals surface area contributed by atoms with Gasteiger partial charge in [0.1, 0.15) is 0 Å². The van der Waals surface area contributed by atoms with Crippen LogP contribution in [0.3, 0.4) is 0 Å². The quantitative estimate of drug-likeness (QED) is 0.871. The predicted octanol–water partition coefficient (Wildman–Crippen LogP) is 2.60. The van der Waals surface area contributed by atoms with E-state index in [1.807, 2.05) is 13.8 Å². The average Bonchev–Trinajstić information content (AvgIpc) is 2.85. The molecule has 0 atom stereocenters. The SMILES string of the molecule is CC(C)Oc1nc(Cl)nc(NCC2(N(C)C)CCCC2)n1. The van der Waals surface area contributed by atoms with Crippen LogP contribution in [0.25, 0.3) is 0 Å². The summed E-state index contributed by atoms with van der Waals surface area (Å²) in [6.45, 7) is 4.64. The van der Waals surface area contributed by atoms with Gasteiger partial charge in [-0.05, 0) is 52.4 Å². The van der Waals surface area contributed by atoms with Crippen LogP contribution in [0, 0.1) is 0 Å². The van der Waals surface area contributed by atoms with Crippen molar-refractivity contribution < 1.29 is 4.74 Å². The Bertz CT molecular complexity index is 474. The van der Waals surface area contributed by atoms with Crippen molar-refractivity contribution in [2.75, 3.05) is 26.0 Å². The smallest absolute Gasteiger partial charge is 0.322 e. The minimum Gasteiger partial charge on any atom is -0.461 e. The fourth-order valence-corrected chi connectivity index (χ4v) is 2.89. The summed E-state index contributed by atoms with van der Waals surface area (Å²) >= 11 is 5.93. The van der Waals surface area contributed by atoms with E-state index in [1.54, 1.807) is 0 Å². The third-order valence-electron chi connectivity index (χ3n) is 3.99. The number of nitrogens with zero attached hydrogens (tertiary/aromatic N) is 4. The Balaban J connectivity index is 2.07. The maximum absolute atomic E-state index is 5.93. The molecule has 1 saturated carbocycles. The van der Waals surface area contributed by atoms with Crippen LogP contribution in [0.4, 0.5) is 5.95 Å². The summed E-state index contributed by atoms with van der Waals surface area (Å²) in [7, 11) is 4.25. The molecule has 1 N–H and O–H groups in total. The van der Waals surface area contributed by atoms with Crippen LogP contribution in [0.5, 0.6) is 6.01 Å². The molecule has 0 aliphatic heterocycles. The van der Waals surface area contributed by atoms with Crippen LogP contribution in [0.2, 0.25) is 5.28 Å². The molecule has 2 rings (SSSR count). The van der Waals surface area contributed by atoms with Gasteiger partial charge in [0.05, 0.1) is 6.10 Å². The van der Waals surface area contributed by atoms with Crippen molar-refractivity contribution in [2.45, 2.75) is 51.2 Å². The minimum atomic E-state index is -0.000680. The van der Waals surface area contributed by atoms with Crippen molar-refractivity contribution in [2.24, 2.45) is 0 Å². The maximum atomic E-state index is 5.93. The van der Waals surface area contributed by atoms with Crippen molar-refractivity contribution in [1.29, 1.82) is 0 Å². The Hall–Kier alpha value is -1.14. The minimum absolute atomic E-state index is 0.000680. The molecule has 0 bridgehead atoms. The summed E-state index contributed by atoms with van der Waals surface area (Å²) < 4.78 is 5.48. The standard InChI is InChI=1S/C14H24ClN5O/c1-10(2)21-13-18-11(15)17-12(19-13)16-9-14(20(3)4)7-5-6-8-14/h10H,5-9H2,1-4H3,(H,16,17,18,19). The third kappa shape index (κ3) is 4.17. The molecule has 1 aliphatic rings. The van der Waals surface area contributed by atoms with Crippen molar-refractivity contribution >= 4 is 17.5 Å². The average molecular weight is 314 g/mol. The van der Waals surface area contributed by atoms with E-state index in [9.17, 15) is 0 Å². The van der Waals surface area contributed by atoms with Crippen molar-refractivity contribution in [1.82, 2.24) is 19.9 Å². The molecule has 7 heteroatoms. The lowest BCUT2D eigenvalue weighted by atomic mass is 9.96. The largest absolute Gasteiger partial charge is 0.461 e. The Morgan fingerprint density at radius 1 is 1.24 bits per heavy atom. The van der Waals surface area contributed by atoms with E-state index in [0.29, 0.717) is 5.95 Å². The van der Waals surface area contributed by atoms with E-state index >= 15 is 0 Å². The number of ether oxygens (including phenoxy) is 1. The van der Waals surface area contributed by atoms with Crippen LogP contribution in [-0.2, 0) is 0 Å². The Morgan fingerprint density at radius 2 is 1.90 bits per heavy atom. The van der Waals surface area contributed by atoms with Gasteiger partial charge in [0.2, 0.25) is 11.2 Å². The molecule has 1 aromatic rings. The van der Waals surface area contributed by atoms with Gasteiger partial charge in [-0.2, -0.15) is 15.0 Å². The topological polar surface area (TPSA) is 63.2 Å². The lowest BCUT2D eigenvalue weighted by Crippen LogP contribution is -2.47. The molecule has 1 fully saturated rings. The highest BCUT2D eigenvalue weighted by Crippen LogP contribution is 2.33. The van der Waals surface area contributed by atoms with Crippen LogP contribution in [0.1, 0.15) is 39.5 Å². The van der Waals surface area contributed by atoms with Crippen LogP contribution in [-0.4, -0.2) is 52.1 Å². The lowest BCUT2D eigenvalue weighted by molar-refractivity contribution is 0.172. The molecule has 118 valence electrons. The zero-order valence-corrected chi connectivity index (χ0v) is 13.9. The number of hydrogen-bond acceptors (Lipinski definition) is 6. The summed E-state index contributed by atoms with van der Waals surface area (Å²) in [5, 5.41) is 3.44. The molecule has 6 nitrogen and oxygen atoms in total. The first-order chi connectivity index (χ1) is 9.91. The van der Waals surface area contributed by atoms with Gasteiger partial charge in [-0.15, -0.1) is 0 Å². The van der Waals surface area contributed by atoms with Gasteiger partial charge in [-0.3, -0.25) is 0 Å². The fraction of sp³-hybridized carbons (Fsp3) is 0.786. The summed E-state index contributed by atoms with van der Waals surface area (Å²) in [6.07, 6.45) is 4.89. The molecule has 1 heterocycles. The molecule has 1 aromatic heterocycles. The zero-order chi connectivity index (χ0) is 15.5. The molecule has 0 aromatic carbocycles. The third-order valence-corrected chi connectivity index (χ3v) is 4.16. The molecule has 1 aliphatic carbocycles. The molecule has 0 amide bonds. The normalized spacial score (nSPS) is 17.5. The first kappa shape index (κ1) is 16.2. The molecular weight excluding hydrogens is 290 g/mol. The number of likely N-dealkylation sites (N-methyl/N-ethyl adjacent to an activating group) is 1. The summed E-state index contributed by atoms with van der Waals surface area (Å²) in [5.74, 6) is 0.471. The number of aromatic nitrogens is 3. The van der Waals surface area contributed by atoms with E-state index in [4.69, 9.17) is 16.3 Å². The van der Waals surface area contributed by atoms with E-state index in [2.05, 4.69) is 39.3 Å². The molecule has 0 spiro atoms. The van der Waals surface area contributed by atoms with Crippen molar-refractivity contribution in [3.63, 3.8) is 0 Å². The summed E-state index contributed by atoms with van der Waals surface area (Å²) in [5.41, 5.74) is 0.165. The molecule has 0 saturated heterocycles. The van der Waals surface area contributed by atoms with Crippen molar-refractivity contribution in [3.8, 4) is 6.01 Å². The highest BCUT2D eigenvalue weighted by atomic mass is 35.5. The number of rotatable bonds is 6. The van der Waals surface area contributed by atoms with Crippen LogP contribution >= 0.6 is 11.6 Å². The fourth-order valence-electron chi connectivity index (χ4n) is 2.73. The summed E-state index contributed by atoms with van der Waals surface area (Å²) in [4.78, 5) is 14.7. The van der Waals surface area contributed by atoms with E-state index < -0.39 is 0 Å². The predicted molar refractivity (Wildman–Crippen MR) is 84.0 cm³/mol. The molecule has 0 unspecified atom stereocenters. The van der Waals surface area contributed by atoms with Gasteiger partial charge in [0.25, 0.3) is 0 Å². The maximum Gasteiger partial charge on any atom is 0.322 e. The van der Waals surface area contributed by atoms with Gasteiger partial charge in [-0.1, -0.05) is 12.8 Å². The van der Waals surface area contributed by atoms with E-state index in [0.717, 1.165) is 6.54 Å². The number of hydrogen-bond donors (Lipinski definition) is 1. The van der Waals surface area contributed by atoms with Gasteiger partial charge in [-0.25, -0.2) is 0 Å². The van der Waals surface area contributed by atoms with Crippen molar-refractivity contribution in [3.05, 3.63) is 5.28 Å².